The molecule has 0 fully saturated rings. The number of nitrogens with zero attached hydrogens (tertiary/aromatic N) is 2. The van der Waals surface area contributed by atoms with Crippen LogP contribution < -0.4 is 10.6 Å². The van der Waals surface area contributed by atoms with E-state index in [4.69, 9.17) is 0 Å². The van der Waals surface area contributed by atoms with E-state index in [9.17, 15) is 9.18 Å². The van der Waals surface area contributed by atoms with Crippen LogP contribution in [0.15, 0.2) is 36.0 Å². The summed E-state index contributed by atoms with van der Waals surface area (Å²) in [6, 6.07) is 6.29. The molecule has 7 heteroatoms. The molecule has 25 heavy (non-hydrogen) atoms. The van der Waals surface area contributed by atoms with Crippen molar-refractivity contribution in [3.63, 3.8) is 0 Å². The highest BCUT2D eigenvalue weighted by Gasteiger charge is 2.16. The van der Waals surface area contributed by atoms with Gasteiger partial charge in [0.2, 0.25) is 5.91 Å². The van der Waals surface area contributed by atoms with Gasteiger partial charge < -0.3 is 10.6 Å². The van der Waals surface area contributed by atoms with Crippen LogP contribution in [0.3, 0.4) is 0 Å². The molecule has 0 atom stereocenters. The molecule has 0 bridgehead atoms. The van der Waals surface area contributed by atoms with Gasteiger partial charge in [0.15, 0.2) is 0 Å². The van der Waals surface area contributed by atoms with Crippen molar-refractivity contribution in [2.24, 2.45) is 0 Å². The van der Waals surface area contributed by atoms with Crippen LogP contribution in [-0.4, -0.2) is 28.0 Å². The van der Waals surface area contributed by atoms with Crippen molar-refractivity contribution in [1.29, 1.82) is 0 Å². The van der Waals surface area contributed by atoms with E-state index in [0.29, 0.717) is 5.82 Å². The van der Waals surface area contributed by atoms with Gasteiger partial charge >= 0.3 is 0 Å². The molecule has 2 heterocycles. The summed E-state index contributed by atoms with van der Waals surface area (Å²) < 4.78 is 13.2. The predicted octanol–water partition coefficient (Wildman–Crippen LogP) is 3.82. The molecule has 0 unspecified atom stereocenters. The van der Waals surface area contributed by atoms with Gasteiger partial charge in [0.25, 0.3) is 0 Å². The third kappa shape index (κ3) is 4.11. The SMILES string of the molecule is CC(C)(C)NC(=O)CNc1ncnc2scc(-c3ccc(F)cc3)c12. The van der Waals surface area contributed by atoms with Gasteiger partial charge in [-0.1, -0.05) is 12.1 Å². The Morgan fingerprint density at radius 1 is 1.20 bits per heavy atom. The molecule has 1 aromatic carbocycles. The molecule has 3 rings (SSSR count). The Labute approximate surface area is 149 Å². The van der Waals surface area contributed by atoms with Gasteiger partial charge in [-0.2, -0.15) is 0 Å². The Morgan fingerprint density at radius 3 is 2.60 bits per heavy atom. The van der Waals surface area contributed by atoms with Gasteiger partial charge in [0.05, 0.1) is 11.9 Å². The van der Waals surface area contributed by atoms with E-state index < -0.39 is 0 Å². The van der Waals surface area contributed by atoms with Crippen molar-refractivity contribution in [2.75, 3.05) is 11.9 Å². The monoisotopic (exact) mass is 358 g/mol. The van der Waals surface area contributed by atoms with Crippen molar-refractivity contribution < 1.29 is 9.18 Å². The van der Waals surface area contributed by atoms with Crippen LogP contribution in [0.4, 0.5) is 10.2 Å². The van der Waals surface area contributed by atoms with Gasteiger partial charge in [0.1, 0.15) is 22.8 Å². The second kappa shape index (κ2) is 6.76. The molecule has 0 aliphatic carbocycles. The molecule has 0 aliphatic rings. The topological polar surface area (TPSA) is 66.9 Å². The summed E-state index contributed by atoms with van der Waals surface area (Å²) in [4.78, 5) is 21.4. The molecule has 2 aromatic heterocycles. The number of hydrogen-bond donors (Lipinski definition) is 2. The molecule has 2 N–H and O–H groups in total. The fourth-order valence-corrected chi connectivity index (χ4v) is 3.39. The first-order valence-electron chi connectivity index (χ1n) is 7.86. The van der Waals surface area contributed by atoms with Crippen molar-refractivity contribution in [3.8, 4) is 11.1 Å². The normalized spacial score (nSPS) is 11.5. The largest absolute Gasteiger partial charge is 0.360 e. The zero-order valence-corrected chi connectivity index (χ0v) is 15.1. The number of carbonyl (C=O) groups excluding carboxylic acids is 1. The lowest BCUT2D eigenvalue weighted by Gasteiger charge is -2.20. The van der Waals surface area contributed by atoms with E-state index in [0.717, 1.165) is 21.3 Å². The standard InChI is InChI=1S/C18H19FN4OS/c1-18(2,3)23-14(24)8-20-16-15-13(9-25-17(15)22-10-21-16)11-4-6-12(19)7-5-11/h4-7,9-10H,8H2,1-3H3,(H,23,24)(H,20,21,22). The Balaban J connectivity index is 1.90. The lowest BCUT2D eigenvalue weighted by Crippen LogP contribution is -2.43. The molecule has 5 nitrogen and oxygen atoms in total. The summed E-state index contributed by atoms with van der Waals surface area (Å²) in [7, 11) is 0. The van der Waals surface area contributed by atoms with Crippen LogP contribution in [0.2, 0.25) is 0 Å². The van der Waals surface area contributed by atoms with Gasteiger partial charge in [0, 0.05) is 16.5 Å². The molecule has 0 saturated carbocycles. The van der Waals surface area contributed by atoms with Gasteiger partial charge in [-0.05, 0) is 38.5 Å². The summed E-state index contributed by atoms with van der Waals surface area (Å²) in [5.74, 6) is 0.198. The van der Waals surface area contributed by atoms with Crippen LogP contribution in [0.1, 0.15) is 20.8 Å². The third-order valence-corrected chi connectivity index (χ3v) is 4.34. The fourth-order valence-electron chi connectivity index (χ4n) is 2.48. The van der Waals surface area contributed by atoms with Crippen molar-refractivity contribution in [3.05, 3.63) is 41.8 Å². The van der Waals surface area contributed by atoms with Gasteiger partial charge in [-0.25, -0.2) is 14.4 Å². The second-order valence-corrected chi connectivity index (χ2v) is 7.57. The maximum atomic E-state index is 13.2. The van der Waals surface area contributed by atoms with Crippen LogP contribution >= 0.6 is 11.3 Å². The van der Waals surface area contributed by atoms with Crippen molar-refractivity contribution >= 4 is 33.3 Å². The highest BCUT2D eigenvalue weighted by Crippen LogP contribution is 2.36. The van der Waals surface area contributed by atoms with Crippen LogP contribution in [0, 0.1) is 5.82 Å². The average Bonchev–Trinajstić information content (AvgIpc) is 2.97. The van der Waals surface area contributed by atoms with E-state index >= 15 is 0 Å². The molecule has 0 aliphatic heterocycles. The maximum absolute atomic E-state index is 13.2. The number of benzene rings is 1. The number of nitrogens with one attached hydrogen (secondary N) is 2. The molecule has 1 amide bonds. The summed E-state index contributed by atoms with van der Waals surface area (Å²) in [6.45, 7) is 5.90. The number of hydrogen-bond acceptors (Lipinski definition) is 5. The van der Waals surface area contributed by atoms with Crippen LogP contribution in [-0.2, 0) is 4.79 Å². The minimum Gasteiger partial charge on any atom is -0.360 e. The zero-order chi connectivity index (χ0) is 18.0. The smallest absolute Gasteiger partial charge is 0.239 e. The average molecular weight is 358 g/mol. The number of halogens is 1. The first-order valence-corrected chi connectivity index (χ1v) is 8.74. The van der Waals surface area contributed by atoms with Gasteiger partial charge in [-0.15, -0.1) is 11.3 Å². The number of aromatic nitrogens is 2. The summed E-state index contributed by atoms with van der Waals surface area (Å²) in [5, 5.41) is 8.79. The number of thiophene rings is 1. The van der Waals surface area contributed by atoms with E-state index in [-0.39, 0.29) is 23.8 Å². The summed E-state index contributed by atoms with van der Waals surface area (Å²) >= 11 is 1.49. The lowest BCUT2D eigenvalue weighted by molar-refractivity contribution is -0.120. The summed E-state index contributed by atoms with van der Waals surface area (Å²) in [6.07, 6.45) is 1.47. The highest BCUT2D eigenvalue weighted by atomic mass is 32.1. The molecule has 3 aromatic rings. The van der Waals surface area contributed by atoms with E-state index in [1.165, 1.54) is 29.8 Å². The van der Waals surface area contributed by atoms with Crippen molar-refractivity contribution in [2.45, 2.75) is 26.3 Å². The lowest BCUT2D eigenvalue weighted by atomic mass is 10.1. The Hall–Kier alpha value is -2.54. The molecular formula is C18H19FN4OS. The Kier molecular flexibility index (Phi) is 4.67. The van der Waals surface area contributed by atoms with E-state index in [1.807, 2.05) is 26.2 Å². The molecule has 0 radical (unpaired) electrons. The van der Waals surface area contributed by atoms with Gasteiger partial charge in [-0.3, -0.25) is 4.79 Å². The number of fused-ring (bicyclic) bond motifs is 1. The number of amides is 1. The maximum Gasteiger partial charge on any atom is 0.239 e. The molecule has 0 spiro atoms. The molecular weight excluding hydrogens is 339 g/mol. The zero-order valence-electron chi connectivity index (χ0n) is 14.3. The molecule has 130 valence electrons. The second-order valence-electron chi connectivity index (χ2n) is 6.71. The first kappa shape index (κ1) is 17.3. The fraction of sp³-hybridized carbons (Fsp3) is 0.278. The molecule has 0 saturated heterocycles. The predicted molar refractivity (Wildman–Crippen MR) is 99.2 cm³/mol. The number of anilines is 1. The van der Waals surface area contributed by atoms with E-state index in [1.54, 1.807) is 12.1 Å². The number of rotatable bonds is 4. The first-order chi connectivity index (χ1) is 11.8. The third-order valence-electron chi connectivity index (χ3n) is 3.46. The number of carbonyl (C=O) groups is 1. The van der Waals surface area contributed by atoms with Crippen LogP contribution in [0.25, 0.3) is 21.3 Å². The van der Waals surface area contributed by atoms with E-state index in [2.05, 4.69) is 20.6 Å². The quantitative estimate of drug-likeness (QED) is 0.744. The van der Waals surface area contributed by atoms with Crippen LogP contribution in [0.5, 0.6) is 0 Å². The Morgan fingerprint density at radius 2 is 1.92 bits per heavy atom. The Bertz CT molecular complexity index is 900. The highest BCUT2D eigenvalue weighted by molar-refractivity contribution is 7.17. The minimum atomic E-state index is -0.290. The summed E-state index contributed by atoms with van der Waals surface area (Å²) in [5.41, 5.74) is 1.51. The minimum absolute atomic E-state index is 0.113. The van der Waals surface area contributed by atoms with Crippen molar-refractivity contribution in [1.82, 2.24) is 15.3 Å².